The van der Waals surface area contributed by atoms with E-state index in [-0.39, 0.29) is 24.0 Å². The van der Waals surface area contributed by atoms with Gasteiger partial charge in [0.2, 0.25) is 0 Å². The number of thiazole rings is 1. The molecule has 0 radical (unpaired) electrons. The second-order valence-electron chi connectivity index (χ2n) is 5.56. The summed E-state index contributed by atoms with van der Waals surface area (Å²) in [5, 5.41) is 9.94. The predicted molar refractivity (Wildman–Crippen MR) is 114 cm³/mol. The molecule has 1 aromatic carbocycles. The number of hydrogen-bond donors (Lipinski definition) is 2. The first-order valence-corrected chi connectivity index (χ1v) is 9.02. The Kier molecular flexibility index (Phi) is 9.28. The highest BCUT2D eigenvalue weighted by Gasteiger charge is 2.03. The summed E-state index contributed by atoms with van der Waals surface area (Å²) in [6, 6.07) is 6.50. The standard InChI is InChI=1S/C18H26N4S.HI/c1-5-17-22-16(12-23-17)11-21-18(19-6-2)20-10-15-8-7-13(3)9-14(15)4;/h7-9,12H,5-6,10-11H2,1-4H3,(H2,19,20,21);1H. The zero-order chi connectivity index (χ0) is 16.7. The molecule has 1 heterocycles. The van der Waals surface area contributed by atoms with E-state index in [9.17, 15) is 0 Å². The van der Waals surface area contributed by atoms with Crippen molar-refractivity contribution in [3.8, 4) is 0 Å². The minimum absolute atomic E-state index is 0. The van der Waals surface area contributed by atoms with Crippen LogP contribution >= 0.6 is 35.3 Å². The SMILES string of the molecule is CCNC(=NCc1ccc(C)cc1C)NCc1csc(CC)n1.I. The van der Waals surface area contributed by atoms with Crippen LogP contribution in [0.15, 0.2) is 28.6 Å². The first-order valence-electron chi connectivity index (χ1n) is 8.14. The fourth-order valence-corrected chi connectivity index (χ4v) is 3.04. The average molecular weight is 458 g/mol. The Balaban J connectivity index is 0.00000288. The fraction of sp³-hybridized carbons (Fsp3) is 0.444. The molecule has 0 fully saturated rings. The van der Waals surface area contributed by atoms with Crippen LogP contribution in [0.5, 0.6) is 0 Å². The van der Waals surface area contributed by atoms with Crippen LogP contribution in [0.2, 0.25) is 0 Å². The van der Waals surface area contributed by atoms with Gasteiger partial charge in [-0.05, 0) is 38.3 Å². The molecule has 1 aromatic heterocycles. The maximum absolute atomic E-state index is 4.69. The van der Waals surface area contributed by atoms with Crippen LogP contribution in [0.4, 0.5) is 0 Å². The number of aromatic nitrogens is 1. The van der Waals surface area contributed by atoms with E-state index in [1.54, 1.807) is 11.3 Å². The van der Waals surface area contributed by atoms with Crippen LogP contribution in [0.1, 0.15) is 41.2 Å². The van der Waals surface area contributed by atoms with Crippen LogP contribution in [0.3, 0.4) is 0 Å². The van der Waals surface area contributed by atoms with E-state index < -0.39 is 0 Å². The molecule has 0 saturated carbocycles. The zero-order valence-electron chi connectivity index (χ0n) is 14.8. The Morgan fingerprint density at radius 3 is 2.62 bits per heavy atom. The second-order valence-corrected chi connectivity index (χ2v) is 6.51. The molecule has 2 aromatic rings. The van der Waals surface area contributed by atoms with Gasteiger partial charge >= 0.3 is 0 Å². The van der Waals surface area contributed by atoms with Crippen LogP contribution in [0.25, 0.3) is 0 Å². The first kappa shape index (κ1) is 20.9. The maximum Gasteiger partial charge on any atom is 0.191 e. The molecule has 0 aliphatic rings. The smallest absolute Gasteiger partial charge is 0.191 e. The van der Waals surface area contributed by atoms with Crippen LogP contribution < -0.4 is 10.6 Å². The largest absolute Gasteiger partial charge is 0.357 e. The van der Waals surface area contributed by atoms with E-state index in [0.717, 1.165) is 24.6 Å². The molecule has 132 valence electrons. The highest BCUT2D eigenvalue weighted by atomic mass is 127. The highest BCUT2D eigenvalue weighted by molar-refractivity contribution is 14.0. The summed E-state index contributed by atoms with van der Waals surface area (Å²) in [7, 11) is 0. The van der Waals surface area contributed by atoms with Crippen molar-refractivity contribution in [2.75, 3.05) is 6.54 Å². The number of aryl methyl sites for hydroxylation is 3. The molecule has 2 rings (SSSR count). The van der Waals surface area contributed by atoms with E-state index in [0.29, 0.717) is 13.1 Å². The van der Waals surface area contributed by atoms with Crippen molar-refractivity contribution in [1.82, 2.24) is 15.6 Å². The van der Waals surface area contributed by atoms with Gasteiger partial charge in [-0.15, -0.1) is 35.3 Å². The van der Waals surface area contributed by atoms with E-state index in [1.165, 1.54) is 21.7 Å². The van der Waals surface area contributed by atoms with Gasteiger partial charge in [-0.3, -0.25) is 0 Å². The number of halogens is 1. The van der Waals surface area contributed by atoms with E-state index in [1.807, 2.05) is 0 Å². The Morgan fingerprint density at radius 2 is 2.00 bits per heavy atom. The summed E-state index contributed by atoms with van der Waals surface area (Å²) < 4.78 is 0. The summed E-state index contributed by atoms with van der Waals surface area (Å²) >= 11 is 1.72. The van der Waals surface area contributed by atoms with Gasteiger partial charge in [0.05, 0.1) is 23.8 Å². The number of nitrogens with zero attached hydrogens (tertiary/aromatic N) is 2. The van der Waals surface area contributed by atoms with Gasteiger partial charge in [-0.2, -0.15) is 0 Å². The fourth-order valence-electron chi connectivity index (χ4n) is 2.30. The number of hydrogen-bond acceptors (Lipinski definition) is 3. The zero-order valence-corrected chi connectivity index (χ0v) is 18.0. The van der Waals surface area contributed by atoms with Gasteiger partial charge in [-0.1, -0.05) is 30.7 Å². The monoisotopic (exact) mass is 458 g/mol. The topological polar surface area (TPSA) is 49.3 Å². The predicted octanol–water partition coefficient (Wildman–Crippen LogP) is 4.20. The Morgan fingerprint density at radius 1 is 1.21 bits per heavy atom. The number of aliphatic imine (C=N–C) groups is 1. The van der Waals surface area contributed by atoms with E-state index in [4.69, 9.17) is 0 Å². The Bertz CT molecular complexity index is 667. The third-order valence-electron chi connectivity index (χ3n) is 3.59. The van der Waals surface area contributed by atoms with Crippen LogP contribution in [-0.4, -0.2) is 17.5 Å². The van der Waals surface area contributed by atoms with E-state index >= 15 is 0 Å². The Labute approximate surface area is 166 Å². The van der Waals surface area contributed by atoms with Crippen LogP contribution in [-0.2, 0) is 19.5 Å². The molecular weight excluding hydrogens is 431 g/mol. The van der Waals surface area contributed by atoms with Gasteiger partial charge in [0.15, 0.2) is 5.96 Å². The highest BCUT2D eigenvalue weighted by Crippen LogP contribution is 2.12. The molecule has 0 saturated heterocycles. The molecule has 24 heavy (non-hydrogen) atoms. The molecule has 6 heteroatoms. The van der Waals surface area contributed by atoms with Crippen molar-refractivity contribution in [3.05, 3.63) is 51.0 Å². The van der Waals surface area contributed by atoms with Gasteiger partial charge < -0.3 is 10.6 Å². The quantitative estimate of drug-likeness (QED) is 0.388. The second kappa shape index (κ2) is 10.7. The number of benzene rings is 1. The van der Waals surface area contributed by atoms with Crippen molar-refractivity contribution >= 4 is 41.3 Å². The van der Waals surface area contributed by atoms with Gasteiger partial charge in [-0.25, -0.2) is 9.98 Å². The van der Waals surface area contributed by atoms with Crippen molar-refractivity contribution < 1.29 is 0 Å². The van der Waals surface area contributed by atoms with Gasteiger partial charge in [0.25, 0.3) is 0 Å². The number of nitrogens with one attached hydrogen (secondary N) is 2. The minimum Gasteiger partial charge on any atom is -0.357 e. The third kappa shape index (κ3) is 6.39. The number of rotatable bonds is 6. The van der Waals surface area contributed by atoms with Crippen LogP contribution in [0, 0.1) is 13.8 Å². The minimum atomic E-state index is 0. The molecule has 0 amide bonds. The first-order chi connectivity index (χ1) is 11.1. The molecule has 0 aliphatic carbocycles. The molecule has 2 N–H and O–H groups in total. The summed E-state index contributed by atoms with van der Waals surface area (Å²) in [4.78, 5) is 9.26. The molecule has 0 atom stereocenters. The lowest BCUT2D eigenvalue weighted by Crippen LogP contribution is -2.36. The van der Waals surface area contributed by atoms with Crippen molar-refractivity contribution in [2.24, 2.45) is 4.99 Å². The van der Waals surface area contributed by atoms with E-state index in [2.05, 4.69) is 71.9 Å². The lowest BCUT2D eigenvalue weighted by atomic mass is 10.1. The van der Waals surface area contributed by atoms with Crippen molar-refractivity contribution in [2.45, 2.75) is 47.2 Å². The molecule has 0 unspecified atom stereocenters. The lowest BCUT2D eigenvalue weighted by molar-refractivity contribution is 0.799. The summed E-state index contributed by atoms with van der Waals surface area (Å²) in [5.41, 5.74) is 4.91. The molecule has 0 aliphatic heterocycles. The maximum atomic E-state index is 4.69. The third-order valence-corrected chi connectivity index (χ3v) is 4.63. The van der Waals surface area contributed by atoms with Crippen molar-refractivity contribution in [1.29, 1.82) is 0 Å². The van der Waals surface area contributed by atoms with Crippen molar-refractivity contribution in [3.63, 3.8) is 0 Å². The number of guanidine groups is 1. The Hall–Kier alpha value is -1.15. The summed E-state index contributed by atoms with van der Waals surface area (Å²) in [5.74, 6) is 0.832. The van der Waals surface area contributed by atoms with Gasteiger partial charge in [0, 0.05) is 11.9 Å². The summed E-state index contributed by atoms with van der Waals surface area (Å²) in [6.45, 7) is 10.7. The summed E-state index contributed by atoms with van der Waals surface area (Å²) in [6.07, 6.45) is 0.992. The normalized spacial score (nSPS) is 11.1. The molecule has 4 nitrogen and oxygen atoms in total. The molecule has 0 bridgehead atoms. The molecular formula is C18H27IN4S. The average Bonchev–Trinajstić information content (AvgIpc) is 2.99. The van der Waals surface area contributed by atoms with Gasteiger partial charge in [0.1, 0.15) is 0 Å². The molecule has 0 spiro atoms. The lowest BCUT2D eigenvalue weighted by Gasteiger charge is -2.11.